The minimum Gasteiger partial charge on any atom is -0.466 e. The van der Waals surface area contributed by atoms with Crippen LogP contribution in [0.5, 0.6) is 0 Å². The molecule has 0 radical (unpaired) electrons. The molecule has 0 unspecified atom stereocenters. The lowest BCUT2D eigenvalue weighted by Gasteiger charge is -2.20. The van der Waals surface area contributed by atoms with Crippen LogP contribution in [0.1, 0.15) is 39.3 Å². The number of amides is 1. The first-order valence-corrected chi connectivity index (χ1v) is 6.84. The predicted octanol–water partition coefficient (Wildman–Crippen LogP) is 2.32. The largest absolute Gasteiger partial charge is 0.466 e. The van der Waals surface area contributed by atoms with E-state index in [2.05, 4.69) is 4.98 Å². The van der Waals surface area contributed by atoms with Crippen molar-refractivity contribution in [3.63, 3.8) is 0 Å². The Labute approximate surface area is 119 Å². The normalized spacial score (nSPS) is 10.7. The summed E-state index contributed by atoms with van der Waals surface area (Å²) in [6.45, 7) is 7.95. The lowest BCUT2D eigenvalue weighted by molar-refractivity contribution is -0.143. The molecule has 0 N–H and O–H groups in total. The van der Waals surface area contributed by atoms with Gasteiger partial charge in [0, 0.05) is 18.9 Å². The molecule has 0 aliphatic carbocycles. The Morgan fingerprint density at radius 1 is 1.45 bits per heavy atom. The van der Waals surface area contributed by atoms with Gasteiger partial charge in [0.05, 0.1) is 12.3 Å². The molecule has 112 valence electrons. The number of anilines is 1. The Hall–Kier alpha value is -1.85. The van der Waals surface area contributed by atoms with Crippen LogP contribution in [-0.4, -0.2) is 30.0 Å². The van der Waals surface area contributed by atoms with Crippen molar-refractivity contribution in [1.29, 1.82) is 0 Å². The molecule has 0 aliphatic heterocycles. The highest BCUT2D eigenvalue weighted by Gasteiger charge is 2.22. The molecule has 0 saturated carbocycles. The summed E-state index contributed by atoms with van der Waals surface area (Å²) in [6.07, 6.45) is 2.29. The fourth-order valence-corrected chi connectivity index (χ4v) is 1.69. The van der Waals surface area contributed by atoms with Gasteiger partial charge in [0.2, 0.25) is 5.91 Å². The highest BCUT2D eigenvalue weighted by molar-refractivity contribution is 5.92. The maximum Gasteiger partial charge on any atom is 0.305 e. The monoisotopic (exact) mass is 282 g/mol. The number of aromatic nitrogens is 1. The average molecular weight is 282 g/mol. The molecule has 1 aromatic rings. The van der Waals surface area contributed by atoms with Gasteiger partial charge >= 0.3 is 12.0 Å². The first-order chi connectivity index (χ1) is 9.45. The number of carbonyl (C=O) groups is 2. The number of ether oxygens (including phenoxy) is 1. The summed E-state index contributed by atoms with van der Waals surface area (Å²) in [6, 6.07) is 0.282. The van der Waals surface area contributed by atoms with Gasteiger partial charge in [-0.1, -0.05) is 13.8 Å². The third-order valence-electron chi connectivity index (χ3n) is 2.67. The third kappa shape index (κ3) is 4.68. The fourth-order valence-electron chi connectivity index (χ4n) is 1.69. The molecule has 0 atom stereocenters. The maximum absolute atomic E-state index is 12.2. The van der Waals surface area contributed by atoms with E-state index in [1.54, 1.807) is 13.8 Å². The van der Waals surface area contributed by atoms with Crippen LogP contribution in [0.25, 0.3) is 0 Å². The van der Waals surface area contributed by atoms with Crippen molar-refractivity contribution in [3.8, 4) is 0 Å². The van der Waals surface area contributed by atoms with Gasteiger partial charge in [-0.3, -0.25) is 14.5 Å². The number of hydrogen-bond acceptors (Lipinski definition) is 5. The van der Waals surface area contributed by atoms with E-state index in [0.717, 1.165) is 0 Å². The summed E-state index contributed by atoms with van der Waals surface area (Å²) in [7, 11) is 0. The van der Waals surface area contributed by atoms with E-state index >= 15 is 0 Å². The average Bonchev–Trinajstić information content (AvgIpc) is 2.80. The first kappa shape index (κ1) is 16.2. The molecule has 1 rings (SSSR count). The Morgan fingerprint density at radius 2 is 2.15 bits per heavy atom. The molecule has 6 nitrogen and oxygen atoms in total. The van der Waals surface area contributed by atoms with E-state index in [9.17, 15) is 9.59 Å². The number of aryl methyl sites for hydroxylation is 1. The van der Waals surface area contributed by atoms with Crippen molar-refractivity contribution in [2.45, 2.75) is 40.5 Å². The summed E-state index contributed by atoms with van der Waals surface area (Å²) in [4.78, 5) is 29.1. The van der Waals surface area contributed by atoms with Gasteiger partial charge in [-0.05, 0) is 20.3 Å². The van der Waals surface area contributed by atoms with Gasteiger partial charge < -0.3 is 9.15 Å². The highest BCUT2D eigenvalue weighted by Crippen LogP contribution is 2.17. The molecule has 1 aromatic heterocycles. The summed E-state index contributed by atoms with van der Waals surface area (Å²) in [5.74, 6) is -0.492. The van der Waals surface area contributed by atoms with E-state index in [4.69, 9.17) is 9.15 Å². The Bertz CT molecular complexity index is 454. The lowest BCUT2D eigenvalue weighted by Crippen LogP contribution is -2.35. The van der Waals surface area contributed by atoms with E-state index in [1.165, 1.54) is 11.2 Å². The molecule has 20 heavy (non-hydrogen) atoms. The zero-order valence-corrected chi connectivity index (χ0v) is 12.5. The number of rotatable bonds is 7. The zero-order chi connectivity index (χ0) is 15.1. The smallest absolute Gasteiger partial charge is 0.305 e. The summed E-state index contributed by atoms with van der Waals surface area (Å²) in [5, 5.41) is 0. The Morgan fingerprint density at radius 3 is 2.65 bits per heavy atom. The quantitative estimate of drug-likeness (QED) is 0.718. The van der Waals surface area contributed by atoms with Crippen molar-refractivity contribution < 1.29 is 18.7 Å². The SMILES string of the molecule is CCOC(=O)CCCN(C(=O)C(C)C)c1nc(C)co1. The highest BCUT2D eigenvalue weighted by atomic mass is 16.5. The second-order valence-electron chi connectivity index (χ2n) is 4.82. The van der Waals surface area contributed by atoms with E-state index in [1.807, 2.05) is 13.8 Å². The van der Waals surface area contributed by atoms with Crippen LogP contribution in [0.15, 0.2) is 10.7 Å². The first-order valence-electron chi connectivity index (χ1n) is 6.84. The van der Waals surface area contributed by atoms with Crippen molar-refractivity contribution >= 4 is 17.9 Å². The zero-order valence-electron chi connectivity index (χ0n) is 12.5. The van der Waals surface area contributed by atoms with Gasteiger partial charge in [0.15, 0.2) is 0 Å². The lowest BCUT2D eigenvalue weighted by atomic mass is 10.2. The molecule has 0 fully saturated rings. The van der Waals surface area contributed by atoms with Gasteiger partial charge in [-0.15, -0.1) is 0 Å². The van der Waals surface area contributed by atoms with Crippen molar-refractivity contribution in [1.82, 2.24) is 4.98 Å². The van der Waals surface area contributed by atoms with Crippen LogP contribution in [0, 0.1) is 12.8 Å². The molecule has 6 heteroatoms. The fraction of sp³-hybridized carbons (Fsp3) is 0.643. The number of hydrogen-bond donors (Lipinski definition) is 0. The maximum atomic E-state index is 12.2. The van der Waals surface area contributed by atoms with E-state index in [-0.39, 0.29) is 30.2 Å². The van der Waals surface area contributed by atoms with Gasteiger partial charge in [0.25, 0.3) is 0 Å². The second kappa shape index (κ2) is 7.67. The van der Waals surface area contributed by atoms with Crippen LogP contribution in [-0.2, 0) is 14.3 Å². The minimum atomic E-state index is -0.256. The Balaban J connectivity index is 2.65. The van der Waals surface area contributed by atoms with Crippen LogP contribution in [0.3, 0.4) is 0 Å². The van der Waals surface area contributed by atoms with Crippen molar-refractivity contribution in [2.75, 3.05) is 18.1 Å². The standard InChI is InChI=1S/C14H22N2O4/c1-5-19-12(17)7-6-8-16(13(18)10(2)3)14-15-11(4)9-20-14/h9-10H,5-8H2,1-4H3. The van der Waals surface area contributed by atoms with Crippen molar-refractivity contribution in [3.05, 3.63) is 12.0 Å². The van der Waals surface area contributed by atoms with Crippen LogP contribution in [0.4, 0.5) is 6.01 Å². The molecule has 0 aromatic carbocycles. The minimum absolute atomic E-state index is 0.0734. The molecular formula is C14H22N2O4. The number of nitrogens with zero attached hydrogens (tertiary/aromatic N) is 2. The van der Waals surface area contributed by atoms with Crippen molar-refractivity contribution in [2.24, 2.45) is 5.92 Å². The molecule has 1 heterocycles. The molecule has 0 spiro atoms. The third-order valence-corrected chi connectivity index (χ3v) is 2.67. The van der Waals surface area contributed by atoms with Crippen LogP contribution < -0.4 is 4.90 Å². The van der Waals surface area contributed by atoms with E-state index in [0.29, 0.717) is 25.3 Å². The molecule has 0 aliphatic rings. The summed E-state index contributed by atoms with van der Waals surface area (Å²) in [5.41, 5.74) is 0.715. The summed E-state index contributed by atoms with van der Waals surface area (Å²) < 4.78 is 10.1. The van der Waals surface area contributed by atoms with Crippen LogP contribution >= 0.6 is 0 Å². The molecule has 0 bridgehead atoms. The number of oxazole rings is 1. The number of esters is 1. The second-order valence-corrected chi connectivity index (χ2v) is 4.82. The number of carbonyl (C=O) groups excluding carboxylic acids is 2. The molecule has 0 saturated heterocycles. The summed E-state index contributed by atoms with van der Waals surface area (Å²) >= 11 is 0. The predicted molar refractivity (Wildman–Crippen MR) is 74.3 cm³/mol. The van der Waals surface area contributed by atoms with E-state index < -0.39 is 0 Å². The van der Waals surface area contributed by atoms with Gasteiger partial charge in [-0.2, -0.15) is 4.98 Å². The molecule has 1 amide bonds. The topological polar surface area (TPSA) is 72.6 Å². The van der Waals surface area contributed by atoms with Gasteiger partial charge in [0.1, 0.15) is 6.26 Å². The molecular weight excluding hydrogens is 260 g/mol. The Kier molecular flexibility index (Phi) is 6.21. The van der Waals surface area contributed by atoms with Crippen LogP contribution in [0.2, 0.25) is 0 Å². The van der Waals surface area contributed by atoms with Gasteiger partial charge in [-0.25, -0.2) is 0 Å².